The summed E-state index contributed by atoms with van der Waals surface area (Å²) < 4.78 is 8.55. The SMILES string of the molecule is CO/C=C1\CCC(n2cc(I)c3c(N)ncnc32)C(C)C1. The molecule has 1 aliphatic rings. The van der Waals surface area contributed by atoms with E-state index in [4.69, 9.17) is 10.5 Å². The van der Waals surface area contributed by atoms with E-state index >= 15 is 0 Å². The molecule has 2 unspecified atom stereocenters. The van der Waals surface area contributed by atoms with Crippen LogP contribution in [0.15, 0.2) is 24.4 Å². The van der Waals surface area contributed by atoms with Crippen molar-refractivity contribution in [3.63, 3.8) is 0 Å². The summed E-state index contributed by atoms with van der Waals surface area (Å²) in [7, 11) is 1.71. The third-order valence-corrected chi connectivity index (χ3v) is 5.05. The van der Waals surface area contributed by atoms with E-state index in [1.165, 1.54) is 5.57 Å². The Morgan fingerprint density at radius 1 is 1.48 bits per heavy atom. The van der Waals surface area contributed by atoms with Crippen molar-refractivity contribution in [2.75, 3.05) is 12.8 Å². The molecule has 6 heteroatoms. The van der Waals surface area contributed by atoms with Crippen molar-refractivity contribution in [2.45, 2.75) is 32.2 Å². The van der Waals surface area contributed by atoms with Gasteiger partial charge in [-0.25, -0.2) is 9.97 Å². The van der Waals surface area contributed by atoms with Crippen LogP contribution in [0.3, 0.4) is 0 Å². The minimum absolute atomic E-state index is 0.444. The van der Waals surface area contributed by atoms with Gasteiger partial charge < -0.3 is 15.0 Å². The number of hydrogen-bond acceptors (Lipinski definition) is 4. The average Bonchev–Trinajstić information content (AvgIpc) is 2.78. The summed E-state index contributed by atoms with van der Waals surface area (Å²) in [4.78, 5) is 8.56. The van der Waals surface area contributed by atoms with Gasteiger partial charge in [-0.15, -0.1) is 0 Å². The smallest absolute Gasteiger partial charge is 0.146 e. The van der Waals surface area contributed by atoms with E-state index < -0.39 is 0 Å². The molecule has 3 rings (SSSR count). The van der Waals surface area contributed by atoms with Crippen molar-refractivity contribution in [3.05, 3.63) is 27.9 Å². The standard InChI is InChI=1S/C15H19IN4O/c1-9-5-10(7-21-2)3-4-12(9)20-6-11(16)13-14(17)18-8-19-15(13)20/h6-9,12H,3-5H2,1-2H3,(H2,17,18,19)/b10-7+. The highest BCUT2D eigenvalue weighted by Crippen LogP contribution is 2.39. The first-order chi connectivity index (χ1) is 10.1. The van der Waals surface area contributed by atoms with Gasteiger partial charge in [-0.05, 0) is 53.3 Å². The van der Waals surface area contributed by atoms with E-state index in [0.717, 1.165) is 33.9 Å². The van der Waals surface area contributed by atoms with Crippen molar-refractivity contribution in [3.8, 4) is 0 Å². The van der Waals surface area contributed by atoms with Gasteiger partial charge in [-0.2, -0.15) is 0 Å². The van der Waals surface area contributed by atoms with Gasteiger partial charge >= 0.3 is 0 Å². The lowest BCUT2D eigenvalue weighted by Gasteiger charge is -2.31. The number of halogens is 1. The van der Waals surface area contributed by atoms with Crippen LogP contribution in [0.25, 0.3) is 11.0 Å². The van der Waals surface area contributed by atoms with Gasteiger partial charge in [0.05, 0.1) is 18.8 Å². The van der Waals surface area contributed by atoms with Crippen LogP contribution in [0, 0.1) is 9.49 Å². The van der Waals surface area contributed by atoms with Crippen LogP contribution in [0.4, 0.5) is 5.82 Å². The number of aromatic nitrogens is 3. The molecule has 2 N–H and O–H groups in total. The number of nitrogen functional groups attached to an aromatic ring is 1. The van der Waals surface area contributed by atoms with Gasteiger partial charge in [0.25, 0.3) is 0 Å². The molecule has 0 saturated heterocycles. The van der Waals surface area contributed by atoms with Crippen LogP contribution in [-0.4, -0.2) is 21.6 Å². The number of rotatable bonds is 2. The molecule has 2 aromatic heterocycles. The van der Waals surface area contributed by atoms with Crippen LogP contribution in [-0.2, 0) is 4.74 Å². The highest BCUT2D eigenvalue weighted by molar-refractivity contribution is 14.1. The predicted octanol–water partition coefficient (Wildman–Crippen LogP) is 3.51. The molecule has 2 atom stereocenters. The Morgan fingerprint density at radius 2 is 2.29 bits per heavy atom. The van der Waals surface area contributed by atoms with E-state index in [1.807, 2.05) is 6.26 Å². The van der Waals surface area contributed by atoms with Crippen molar-refractivity contribution >= 4 is 39.4 Å². The lowest BCUT2D eigenvalue weighted by molar-refractivity contribution is 0.281. The molecule has 112 valence electrons. The van der Waals surface area contributed by atoms with Crippen molar-refractivity contribution in [1.82, 2.24) is 14.5 Å². The number of anilines is 1. The van der Waals surface area contributed by atoms with E-state index in [9.17, 15) is 0 Å². The van der Waals surface area contributed by atoms with Crippen LogP contribution >= 0.6 is 22.6 Å². The third kappa shape index (κ3) is 2.61. The van der Waals surface area contributed by atoms with Crippen LogP contribution in [0.1, 0.15) is 32.2 Å². The van der Waals surface area contributed by atoms with Crippen LogP contribution in [0.5, 0.6) is 0 Å². The number of ether oxygens (including phenoxy) is 1. The summed E-state index contributed by atoms with van der Waals surface area (Å²) in [6, 6.07) is 0.444. The van der Waals surface area contributed by atoms with Gasteiger partial charge in [0.15, 0.2) is 0 Å². The second-order valence-electron chi connectivity index (χ2n) is 5.64. The maximum atomic E-state index is 6.00. The molecule has 0 spiro atoms. The second kappa shape index (κ2) is 5.82. The molecule has 21 heavy (non-hydrogen) atoms. The largest absolute Gasteiger partial charge is 0.504 e. The quantitative estimate of drug-likeness (QED) is 0.621. The molecule has 0 radical (unpaired) electrons. The first-order valence-electron chi connectivity index (χ1n) is 7.09. The number of nitrogens with zero attached hydrogens (tertiary/aromatic N) is 3. The summed E-state index contributed by atoms with van der Waals surface area (Å²) in [5, 5.41) is 0.975. The van der Waals surface area contributed by atoms with Gasteiger partial charge in [-0.3, -0.25) is 0 Å². The van der Waals surface area contributed by atoms with Gasteiger partial charge in [0.2, 0.25) is 0 Å². The summed E-state index contributed by atoms with van der Waals surface area (Å²) in [6.45, 7) is 2.29. The number of allylic oxidation sites excluding steroid dienone is 1. The Hall–Kier alpha value is -1.31. The van der Waals surface area contributed by atoms with Gasteiger partial charge in [-0.1, -0.05) is 6.92 Å². The summed E-state index contributed by atoms with van der Waals surface area (Å²) in [5.41, 5.74) is 8.34. The first-order valence-corrected chi connectivity index (χ1v) is 8.17. The minimum atomic E-state index is 0.444. The zero-order valence-corrected chi connectivity index (χ0v) is 14.4. The van der Waals surface area contributed by atoms with Crippen molar-refractivity contribution < 1.29 is 4.74 Å². The molecule has 0 bridgehead atoms. The lowest BCUT2D eigenvalue weighted by Crippen LogP contribution is -2.22. The summed E-state index contributed by atoms with van der Waals surface area (Å²) in [5.74, 6) is 1.11. The number of nitrogens with two attached hydrogens (primary N) is 1. The van der Waals surface area contributed by atoms with Crippen LogP contribution in [0.2, 0.25) is 0 Å². The van der Waals surface area contributed by atoms with Gasteiger partial charge in [0, 0.05) is 15.8 Å². The normalized spacial score (nSPS) is 24.6. The molecule has 1 aliphatic carbocycles. The Kier molecular flexibility index (Phi) is 4.05. The molecule has 1 fully saturated rings. The zero-order valence-electron chi connectivity index (χ0n) is 12.2. The molecule has 0 aromatic carbocycles. The monoisotopic (exact) mass is 398 g/mol. The zero-order chi connectivity index (χ0) is 15.0. The molecule has 0 amide bonds. The van der Waals surface area contributed by atoms with E-state index in [0.29, 0.717) is 17.8 Å². The molecular weight excluding hydrogens is 379 g/mol. The highest BCUT2D eigenvalue weighted by Gasteiger charge is 2.28. The number of methoxy groups -OCH3 is 1. The fourth-order valence-electron chi connectivity index (χ4n) is 3.27. The number of hydrogen-bond donors (Lipinski definition) is 1. The van der Waals surface area contributed by atoms with Gasteiger partial charge in [0.1, 0.15) is 17.8 Å². The molecule has 1 saturated carbocycles. The maximum Gasteiger partial charge on any atom is 0.146 e. The fraction of sp³-hybridized carbons (Fsp3) is 0.467. The minimum Gasteiger partial charge on any atom is -0.504 e. The Bertz CT molecular complexity index is 694. The Balaban J connectivity index is 1.98. The number of fused-ring (bicyclic) bond motifs is 1. The predicted molar refractivity (Wildman–Crippen MR) is 91.8 cm³/mol. The molecule has 5 nitrogen and oxygen atoms in total. The van der Waals surface area contributed by atoms with E-state index in [1.54, 1.807) is 13.4 Å². The molecular formula is C15H19IN4O. The molecule has 2 aromatic rings. The lowest BCUT2D eigenvalue weighted by atomic mass is 9.83. The topological polar surface area (TPSA) is 66.0 Å². The Morgan fingerprint density at radius 3 is 3.00 bits per heavy atom. The maximum absolute atomic E-state index is 6.00. The third-order valence-electron chi connectivity index (χ3n) is 4.24. The molecule has 2 heterocycles. The van der Waals surface area contributed by atoms with Crippen molar-refractivity contribution in [2.24, 2.45) is 5.92 Å². The highest BCUT2D eigenvalue weighted by atomic mass is 127. The fourth-order valence-corrected chi connectivity index (χ4v) is 4.09. The Labute approximate surface area is 137 Å². The molecule has 0 aliphatic heterocycles. The first kappa shape index (κ1) is 14.6. The summed E-state index contributed by atoms with van der Waals surface area (Å²) >= 11 is 2.31. The van der Waals surface area contributed by atoms with Crippen molar-refractivity contribution in [1.29, 1.82) is 0 Å². The van der Waals surface area contributed by atoms with E-state index in [2.05, 4.69) is 50.2 Å². The summed E-state index contributed by atoms with van der Waals surface area (Å²) in [6.07, 6.45) is 8.83. The van der Waals surface area contributed by atoms with Crippen LogP contribution < -0.4 is 5.73 Å². The van der Waals surface area contributed by atoms with E-state index in [-0.39, 0.29) is 0 Å². The second-order valence-corrected chi connectivity index (χ2v) is 6.80. The average molecular weight is 398 g/mol.